The van der Waals surface area contributed by atoms with Crippen LogP contribution in [0.5, 0.6) is 0 Å². The van der Waals surface area contributed by atoms with E-state index in [4.69, 9.17) is 0 Å². The highest BCUT2D eigenvalue weighted by molar-refractivity contribution is 7.99. The number of thioether (sulfide) groups is 1. The highest BCUT2D eigenvalue weighted by atomic mass is 32.2. The Morgan fingerprint density at radius 2 is 1.87 bits per heavy atom. The van der Waals surface area contributed by atoms with Crippen LogP contribution in [0.2, 0.25) is 0 Å². The summed E-state index contributed by atoms with van der Waals surface area (Å²) in [7, 11) is 0. The number of halogens is 1. The molecule has 0 spiro atoms. The molecule has 2 amide bonds. The van der Waals surface area contributed by atoms with Crippen molar-refractivity contribution in [2.45, 2.75) is 24.6 Å². The van der Waals surface area contributed by atoms with Crippen LogP contribution in [0, 0.1) is 5.82 Å². The highest BCUT2D eigenvalue weighted by Gasteiger charge is 2.25. The molecule has 1 fully saturated rings. The fourth-order valence-electron chi connectivity index (χ4n) is 3.51. The van der Waals surface area contributed by atoms with Crippen molar-refractivity contribution in [1.29, 1.82) is 0 Å². The fourth-order valence-corrected chi connectivity index (χ4v) is 5.37. The van der Waals surface area contributed by atoms with Crippen LogP contribution in [-0.4, -0.2) is 46.6 Å². The number of rotatable bonds is 6. The monoisotopic (exact) mass is 443 g/mol. The molecule has 1 aliphatic heterocycles. The summed E-state index contributed by atoms with van der Waals surface area (Å²) in [5.74, 6) is 0.305. The third kappa shape index (κ3) is 4.99. The molecule has 4 rings (SSSR count). The largest absolute Gasteiger partial charge is 0.353 e. The van der Waals surface area contributed by atoms with Gasteiger partial charge in [-0.15, -0.1) is 23.1 Å². The van der Waals surface area contributed by atoms with Crippen LogP contribution in [-0.2, 0) is 10.5 Å². The number of hydrogen-bond donors (Lipinski definition) is 1. The molecule has 0 unspecified atom stereocenters. The number of carbonyl (C=O) groups excluding carboxylic acids is 2. The zero-order valence-electron chi connectivity index (χ0n) is 16.3. The molecule has 1 N–H and O–H groups in total. The molecular weight excluding hydrogens is 421 g/mol. The van der Waals surface area contributed by atoms with Gasteiger partial charge in [0.15, 0.2) is 0 Å². The Bertz CT molecular complexity index is 1010. The number of thiazole rings is 1. The van der Waals surface area contributed by atoms with E-state index in [2.05, 4.69) is 16.4 Å². The molecule has 0 atom stereocenters. The minimum absolute atomic E-state index is 0.00000791. The van der Waals surface area contributed by atoms with E-state index in [9.17, 15) is 14.0 Å². The van der Waals surface area contributed by atoms with Crippen LogP contribution in [0.4, 0.5) is 4.39 Å². The second kappa shape index (κ2) is 9.57. The molecule has 30 heavy (non-hydrogen) atoms. The molecule has 5 nitrogen and oxygen atoms in total. The van der Waals surface area contributed by atoms with E-state index < -0.39 is 5.82 Å². The summed E-state index contributed by atoms with van der Waals surface area (Å²) in [5.41, 5.74) is 1.10. The van der Waals surface area contributed by atoms with Gasteiger partial charge in [-0.05, 0) is 37.1 Å². The van der Waals surface area contributed by atoms with Gasteiger partial charge in [-0.1, -0.05) is 24.3 Å². The topological polar surface area (TPSA) is 62.3 Å². The third-order valence-corrected chi connectivity index (χ3v) is 7.21. The van der Waals surface area contributed by atoms with Crippen LogP contribution >= 0.6 is 23.1 Å². The van der Waals surface area contributed by atoms with Crippen molar-refractivity contribution in [2.24, 2.45) is 0 Å². The molecule has 0 bridgehead atoms. The maximum Gasteiger partial charge on any atom is 0.256 e. The Hall–Kier alpha value is -2.45. The first-order valence-electron chi connectivity index (χ1n) is 9.85. The average Bonchev–Trinajstić information content (AvgIpc) is 3.17. The van der Waals surface area contributed by atoms with Crippen molar-refractivity contribution in [2.75, 3.05) is 18.8 Å². The number of piperidine rings is 1. The predicted octanol–water partition coefficient (Wildman–Crippen LogP) is 4.09. The van der Waals surface area contributed by atoms with Gasteiger partial charge in [-0.2, -0.15) is 0 Å². The fraction of sp³-hybridized carbons (Fsp3) is 0.318. The van der Waals surface area contributed by atoms with E-state index in [0.29, 0.717) is 37.4 Å². The summed E-state index contributed by atoms with van der Waals surface area (Å²) in [6.07, 6.45) is 1.35. The lowest BCUT2D eigenvalue weighted by Crippen LogP contribution is -2.47. The molecule has 8 heteroatoms. The number of nitrogens with zero attached hydrogens (tertiary/aromatic N) is 2. The van der Waals surface area contributed by atoms with Gasteiger partial charge in [0.2, 0.25) is 5.91 Å². The normalized spacial score (nSPS) is 14.8. The Morgan fingerprint density at radius 1 is 1.13 bits per heavy atom. The smallest absolute Gasteiger partial charge is 0.256 e. The van der Waals surface area contributed by atoms with Gasteiger partial charge in [0, 0.05) is 24.9 Å². The molecule has 1 aliphatic rings. The average molecular weight is 444 g/mol. The first-order chi connectivity index (χ1) is 14.6. The van der Waals surface area contributed by atoms with Gasteiger partial charge in [0.25, 0.3) is 5.91 Å². The maximum atomic E-state index is 13.8. The van der Waals surface area contributed by atoms with Gasteiger partial charge in [-0.3, -0.25) is 9.59 Å². The number of hydrogen-bond acceptors (Lipinski definition) is 5. The molecule has 0 saturated carbocycles. The Morgan fingerprint density at radius 3 is 2.63 bits per heavy atom. The van der Waals surface area contributed by atoms with Crippen molar-refractivity contribution in [1.82, 2.24) is 15.2 Å². The summed E-state index contributed by atoms with van der Waals surface area (Å²) in [4.78, 5) is 31.0. The van der Waals surface area contributed by atoms with E-state index in [-0.39, 0.29) is 23.4 Å². The van der Waals surface area contributed by atoms with E-state index in [1.165, 1.54) is 12.1 Å². The lowest BCUT2D eigenvalue weighted by molar-refractivity contribution is -0.119. The molecule has 1 saturated heterocycles. The number of likely N-dealkylation sites (tertiary alicyclic amines) is 1. The summed E-state index contributed by atoms with van der Waals surface area (Å²) in [5, 5.41) is 4.08. The lowest BCUT2D eigenvalue weighted by atomic mass is 10.0. The summed E-state index contributed by atoms with van der Waals surface area (Å²) >= 11 is 3.21. The second-order valence-corrected chi connectivity index (χ2v) is 9.28. The molecular formula is C22H22FN3O2S2. The minimum Gasteiger partial charge on any atom is -0.353 e. The van der Waals surface area contributed by atoms with Crippen LogP contribution in [0.25, 0.3) is 10.2 Å². The van der Waals surface area contributed by atoms with Crippen molar-refractivity contribution in [3.63, 3.8) is 0 Å². The standard InChI is InChI=1S/C22H22FN3O2S2/c23-17-6-2-1-5-16(17)22(28)26-11-9-15(10-12-26)24-20(27)13-29-14-21-25-18-7-3-4-8-19(18)30-21/h1-8,15H,9-14H2,(H,24,27). The lowest BCUT2D eigenvalue weighted by Gasteiger charge is -2.32. The third-order valence-electron chi connectivity index (χ3n) is 5.05. The maximum absolute atomic E-state index is 13.8. The van der Waals surface area contributed by atoms with Crippen LogP contribution in [0.3, 0.4) is 0 Å². The molecule has 0 aliphatic carbocycles. The first-order valence-corrected chi connectivity index (χ1v) is 11.8. The Balaban J connectivity index is 1.19. The van der Waals surface area contributed by atoms with Gasteiger partial charge in [-0.25, -0.2) is 9.37 Å². The summed E-state index contributed by atoms with van der Waals surface area (Å²) < 4.78 is 15.0. The zero-order chi connectivity index (χ0) is 20.9. The number of para-hydroxylation sites is 1. The summed E-state index contributed by atoms with van der Waals surface area (Å²) in [6, 6.07) is 14.1. The Labute approximate surface area is 182 Å². The van der Waals surface area contributed by atoms with Gasteiger partial charge >= 0.3 is 0 Å². The summed E-state index contributed by atoms with van der Waals surface area (Å²) in [6.45, 7) is 1.02. The molecule has 3 aromatic rings. The van der Waals surface area contributed by atoms with Gasteiger partial charge in [0.05, 0.1) is 21.5 Å². The quantitative estimate of drug-likeness (QED) is 0.623. The first kappa shape index (κ1) is 20.8. The second-order valence-electron chi connectivity index (χ2n) is 7.18. The van der Waals surface area contributed by atoms with Crippen molar-refractivity contribution in [3.05, 3.63) is 64.9 Å². The van der Waals surface area contributed by atoms with E-state index in [0.717, 1.165) is 15.2 Å². The van der Waals surface area contributed by atoms with E-state index in [1.807, 2.05) is 18.2 Å². The molecule has 156 valence electrons. The molecule has 2 heterocycles. The van der Waals surface area contributed by atoms with Gasteiger partial charge in [0.1, 0.15) is 10.8 Å². The zero-order valence-corrected chi connectivity index (χ0v) is 18.0. The molecule has 1 aromatic heterocycles. The highest BCUT2D eigenvalue weighted by Crippen LogP contribution is 2.24. The number of fused-ring (bicyclic) bond motifs is 1. The predicted molar refractivity (Wildman–Crippen MR) is 119 cm³/mol. The van der Waals surface area contributed by atoms with Crippen LogP contribution in [0.1, 0.15) is 28.2 Å². The van der Waals surface area contributed by atoms with Crippen LogP contribution < -0.4 is 5.32 Å². The number of benzene rings is 2. The van der Waals surface area contributed by atoms with Crippen LogP contribution in [0.15, 0.2) is 48.5 Å². The van der Waals surface area contributed by atoms with E-state index >= 15 is 0 Å². The molecule has 2 aromatic carbocycles. The number of carbonyl (C=O) groups is 2. The van der Waals surface area contributed by atoms with Crippen molar-refractivity contribution in [3.8, 4) is 0 Å². The number of aromatic nitrogens is 1. The Kier molecular flexibility index (Phi) is 6.64. The van der Waals surface area contributed by atoms with Gasteiger partial charge < -0.3 is 10.2 Å². The molecule has 0 radical (unpaired) electrons. The van der Waals surface area contributed by atoms with Crippen molar-refractivity contribution < 1.29 is 14.0 Å². The van der Waals surface area contributed by atoms with E-state index in [1.54, 1.807) is 40.1 Å². The minimum atomic E-state index is -0.497. The number of amides is 2. The number of nitrogens with one attached hydrogen (secondary N) is 1. The van der Waals surface area contributed by atoms with Crippen molar-refractivity contribution >= 4 is 45.1 Å². The SMILES string of the molecule is O=C(CSCc1nc2ccccc2s1)NC1CCN(C(=O)c2ccccc2F)CC1.